The van der Waals surface area contributed by atoms with E-state index >= 15 is 0 Å². The van der Waals surface area contributed by atoms with Gasteiger partial charge in [0.1, 0.15) is 0 Å². The number of rotatable bonds is 10. The molecule has 1 aromatic heterocycles. The van der Waals surface area contributed by atoms with Gasteiger partial charge in [-0.15, -0.1) is 0 Å². The number of fused-ring (bicyclic) bond motifs is 1. The molecule has 0 unspecified atom stereocenters. The summed E-state index contributed by atoms with van der Waals surface area (Å²) in [5.41, 5.74) is 2.54. The summed E-state index contributed by atoms with van der Waals surface area (Å²) in [7, 11) is 1.59. The van der Waals surface area contributed by atoms with Gasteiger partial charge >= 0.3 is 0 Å². The van der Waals surface area contributed by atoms with Crippen LogP contribution in [0.2, 0.25) is 10.0 Å². The van der Waals surface area contributed by atoms with Gasteiger partial charge in [0.05, 0.1) is 48.8 Å². The molecule has 2 aromatic carbocycles. The number of methoxy groups -OCH3 is 1. The molecular formula is C28H33Cl2N5O3. The molecule has 38 heavy (non-hydrogen) atoms. The monoisotopic (exact) mass is 557 g/mol. The minimum Gasteiger partial charge on any atom is -0.493 e. The van der Waals surface area contributed by atoms with E-state index in [1.54, 1.807) is 19.2 Å². The second kappa shape index (κ2) is 12.8. The van der Waals surface area contributed by atoms with Crippen LogP contribution < -0.4 is 14.8 Å². The number of ether oxygens (including phenoxy) is 2. The fourth-order valence-electron chi connectivity index (χ4n) is 4.60. The average Bonchev–Trinajstić information content (AvgIpc) is 2.92. The Morgan fingerprint density at radius 2 is 1.87 bits per heavy atom. The Morgan fingerprint density at radius 3 is 2.53 bits per heavy atom. The highest BCUT2D eigenvalue weighted by atomic mass is 35.5. The van der Waals surface area contributed by atoms with E-state index < -0.39 is 0 Å². The number of nitrogens with one attached hydrogen (secondary N) is 1. The summed E-state index contributed by atoms with van der Waals surface area (Å²) in [6.07, 6.45) is 2.42. The van der Waals surface area contributed by atoms with Crippen molar-refractivity contribution in [3.63, 3.8) is 0 Å². The summed E-state index contributed by atoms with van der Waals surface area (Å²) in [4.78, 5) is 13.1. The Balaban J connectivity index is 1.51. The first-order valence-electron chi connectivity index (χ1n) is 12.7. The molecule has 0 bridgehead atoms. The van der Waals surface area contributed by atoms with Crippen LogP contribution in [0.5, 0.6) is 11.5 Å². The lowest BCUT2D eigenvalue weighted by molar-refractivity contribution is 0.104. The Bertz CT molecular complexity index is 1320. The number of piperazine rings is 1. The van der Waals surface area contributed by atoms with Crippen LogP contribution in [0.4, 0.5) is 17.1 Å². The molecular weight excluding hydrogens is 525 g/mol. The number of aliphatic hydroxyl groups excluding tert-OH is 1. The Hall–Kier alpha value is -2.80. The van der Waals surface area contributed by atoms with E-state index in [2.05, 4.69) is 38.8 Å². The van der Waals surface area contributed by atoms with Crippen molar-refractivity contribution in [2.75, 3.05) is 51.8 Å². The summed E-state index contributed by atoms with van der Waals surface area (Å²) in [6.45, 7) is 17.8. The highest BCUT2D eigenvalue weighted by Crippen LogP contribution is 2.41. The lowest BCUT2D eigenvalue weighted by Crippen LogP contribution is -2.49. The first kappa shape index (κ1) is 28.2. The number of anilines is 2. The maximum atomic E-state index is 9.62. The van der Waals surface area contributed by atoms with Crippen molar-refractivity contribution in [2.24, 2.45) is 0 Å². The van der Waals surface area contributed by atoms with Gasteiger partial charge in [-0.25, -0.2) is 4.85 Å². The summed E-state index contributed by atoms with van der Waals surface area (Å²) in [6, 6.07) is 7.47. The van der Waals surface area contributed by atoms with Crippen LogP contribution in [0.3, 0.4) is 0 Å². The molecule has 10 heteroatoms. The minimum atomic E-state index is -0.236. The summed E-state index contributed by atoms with van der Waals surface area (Å²) in [5, 5.41) is 14.3. The van der Waals surface area contributed by atoms with Crippen LogP contribution >= 0.6 is 23.2 Å². The van der Waals surface area contributed by atoms with Gasteiger partial charge in [0.15, 0.2) is 11.5 Å². The van der Waals surface area contributed by atoms with Crippen LogP contribution in [0.15, 0.2) is 30.5 Å². The molecule has 0 saturated carbocycles. The van der Waals surface area contributed by atoms with Crippen LogP contribution in [0.25, 0.3) is 15.7 Å². The maximum absolute atomic E-state index is 9.62. The topological polar surface area (TPSA) is 74.5 Å². The predicted molar refractivity (Wildman–Crippen MR) is 153 cm³/mol. The van der Waals surface area contributed by atoms with Crippen molar-refractivity contribution in [3.8, 4) is 11.5 Å². The number of aromatic nitrogens is 1. The fourth-order valence-corrected chi connectivity index (χ4v) is 5.09. The van der Waals surface area contributed by atoms with E-state index in [1.807, 2.05) is 12.1 Å². The van der Waals surface area contributed by atoms with E-state index in [-0.39, 0.29) is 6.61 Å². The molecule has 1 aliphatic heterocycles. The van der Waals surface area contributed by atoms with Crippen molar-refractivity contribution < 1.29 is 14.6 Å². The van der Waals surface area contributed by atoms with Crippen LogP contribution in [-0.4, -0.2) is 72.4 Å². The standard InChI is InChI=1S/C28H33Cl2N5O3/c1-18(2)35-9-7-34(8-10-35)6-5-11-38-27-15-23-20(13-26(27)37-4)28(25(31-3)16-32-23)33-24-12-19(17-36)21(29)14-22(24)30/h12-16,18,36H,5-11,17H2,1-2,4H3,(H,32,33). The van der Waals surface area contributed by atoms with Gasteiger partial charge < -0.3 is 24.8 Å². The summed E-state index contributed by atoms with van der Waals surface area (Å²) < 4.78 is 11.8. The van der Waals surface area contributed by atoms with Gasteiger partial charge in [-0.1, -0.05) is 23.2 Å². The van der Waals surface area contributed by atoms with Crippen molar-refractivity contribution >= 4 is 51.2 Å². The molecule has 8 nitrogen and oxygen atoms in total. The van der Waals surface area contributed by atoms with Crippen molar-refractivity contribution in [1.29, 1.82) is 0 Å². The Kier molecular flexibility index (Phi) is 9.53. The molecule has 0 atom stereocenters. The van der Waals surface area contributed by atoms with Crippen LogP contribution in [0, 0.1) is 6.57 Å². The smallest absolute Gasteiger partial charge is 0.228 e. The Labute approximate surface area is 233 Å². The van der Waals surface area contributed by atoms with Crippen molar-refractivity contribution in [2.45, 2.75) is 32.9 Å². The molecule has 1 fully saturated rings. The highest BCUT2D eigenvalue weighted by Gasteiger charge is 2.19. The number of halogens is 2. The third-order valence-electron chi connectivity index (χ3n) is 6.83. The number of hydrogen-bond donors (Lipinski definition) is 2. The Morgan fingerprint density at radius 1 is 1.11 bits per heavy atom. The van der Waals surface area contributed by atoms with Crippen LogP contribution in [-0.2, 0) is 6.61 Å². The molecule has 0 aliphatic carbocycles. The zero-order chi connectivity index (χ0) is 27.2. The second-order valence-corrected chi connectivity index (χ2v) is 10.3. The third-order valence-corrected chi connectivity index (χ3v) is 7.50. The van der Waals surface area contributed by atoms with Gasteiger partial charge in [0, 0.05) is 61.4 Å². The van der Waals surface area contributed by atoms with E-state index in [4.69, 9.17) is 39.2 Å². The first-order chi connectivity index (χ1) is 18.3. The lowest BCUT2D eigenvalue weighted by atomic mass is 10.1. The van der Waals surface area contributed by atoms with Gasteiger partial charge in [-0.2, -0.15) is 0 Å². The highest BCUT2D eigenvalue weighted by molar-refractivity contribution is 6.37. The average molecular weight is 559 g/mol. The lowest BCUT2D eigenvalue weighted by Gasteiger charge is -2.36. The molecule has 202 valence electrons. The molecule has 3 aromatic rings. The van der Waals surface area contributed by atoms with Gasteiger partial charge in [-0.3, -0.25) is 9.88 Å². The normalized spacial score (nSPS) is 14.6. The van der Waals surface area contributed by atoms with Crippen LogP contribution in [0.1, 0.15) is 25.8 Å². The molecule has 1 aliphatic rings. The number of nitrogens with zero attached hydrogens (tertiary/aromatic N) is 4. The van der Waals surface area contributed by atoms with E-state index in [9.17, 15) is 5.11 Å². The zero-order valence-electron chi connectivity index (χ0n) is 21.9. The van der Waals surface area contributed by atoms with E-state index in [1.165, 1.54) is 6.20 Å². The predicted octanol–water partition coefficient (Wildman–Crippen LogP) is 6.13. The van der Waals surface area contributed by atoms with Gasteiger partial charge in [0.2, 0.25) is 5.69 Å². The zero-order valence-corrected chi connectivity index (χ0v) is 23.4. The number of aliphatic hydroxyl groups is 1. The summed E-state index contributed by atoms with van der Waals surface area (Å²) >= 11 is 12.6. The molecule has 0 amide bonds. The largest absolute Gasteiger partial charge is 0.493 e. The fraction of sp³-hybridized carbons (Fsp3) is 0.429. The molecule has 2 heterocycles. The molecule has 0 spiro atoms. The number of hydrogen-bond acceptors (Lipinski definition) is 7. The second-order valence-electron chi connectivity index (χ2n) is 9.53. The van der Waals surface area contributed by atoms with Gasteiger partial charge in [0.25, 0.3) is 0 Å². The SMILES string of the molecule is [C-]#[N+]c1cnc2cc(OCCCN3CCN(C(C)C)CC3)c(OC)cc2c1Nc1cc(CO)c(Cl)cc1Cl. The van der Waals surface area contributed by atoms with E-state index in [0.29, 0.717) is 67.7 Å². The first-order valence-corrected chi connectivity index (χ1v) is 13.4. The number of pyridine rings is 1. The number of benzene rings is 2. The van der Waals surface area contributed by atoms with Crippen molar-refractivity contribution in [3.05, 3.63) is 57.5 Å². The minimum absolute atomic E-state index is 0.236. The molecule has 1 saturated heterocycles. The quantitative estimate of drug-likeness (QED) is 0.229. The third kappa shape index (κ3) is 6.42. The molecule has 4 rings (SSSR count). The summed E-state index contributed by atoms with van der Waals surface area (Å²) in [5.74, 6) is 1.15. The molecule has 2 N–H and O–H groups in total. The van der Waals surface area contributed by atoms with E-state index in [0.717, 1.165) is 39.1 Å². The molecule has 0 radical (unpaired) electrons. The maximum Gasteiger partial charge on any atom is 0.228 e. The van der Waals surface area contributed by atoms with Gasteiger partial charge in [-0.05, 0) is 44.0 Å². The van der Waals surface area contributed by atoms with Crippen molar-refractivity contribution in [1.82, 2.24) is 14.8 Å².